The molecule has 1 heterocycles. The fourth-order valence-corrected chi connectivity index (χ4v) is 5.40. The topological polar surface area (TPSA) is 49.4 Å². The molecule has 0 amide bonds. The minimum Gasteiger partial charge on any atom is -0.313 e. The Morgan fingerprint density at radius 3 is 2.57 bits per heavy atom. The van der Waals surface area contributed by atoms with Gasteiger partial charge in [0.2, 0.25) is 0 Å². The molecule has 0 bridgehead atoms. The zero-order valence-electron chi connectivity index (χ0n) is 12.7. The molecule has 1 unspecified atom stereocenters. The summed E-state index contributed by atoms with van der Waals surface area (Å²) in [7, 11) is -3.02. The first-order valence-electron chi connectivity index (χ1n) is 7.30. The molecule has 1 fully saturated rings. The Hall–Kier alpha value is -0.560. The summed E-state index contributed by atoms with van der Waals surface area (Å²) in [6, 6.07) is 8.44. The molecule has 0 aliphatic carbocycles. The molecule has 0 spiro atoms. The SMILES string of the molecule is CCNCc1ccc(CN2CCSCC2S(C)(=O)=O)cc1. The van der Waals surface area contributed by atoms with E-state index in [-0.39, 0.29) is 5.37 Å². The van der Waals surface area contributed by atoms with Crippen LogP contribution in [0.1, 0.15) is 18.1 Å². The number of rotatable bonds is 6. The summed E-state index contributed by atoms with van der Waals surface area (Å²) in [4.78, 5) is 2.09. The number of thioether (sulfide) groups is 1. The van der Waals surface area contributed by atoms with Crippen molar-refractivity contribution in [3.05, 3.63) is 35.4 Å². The van der Waals surface area contributed by atoms with Gasteiger partial charge in [-0.3, -0.25) is 4.90 Å². The second-order valence-electron chi connectivity index (χ2n) is 5.43. The molecule has 1 saturated heterocycles. The maximum Gasteiger partial charge on any atom is 0.164 e. The molecule has 1 aliphatic rings. The van der Waals surface area contributed by atoms with Crippen molar-refractivity contribution in [2.45, 2.75) is 25.4 Å². The third kappa shape index (κ3) is 4.98. The molecule has 6 heteroatoms. The highest BCUT2D eigenvalue weighted by atomic mass is 32.2. The number of sulfone groups is 1. The van der Waals surface area contributed by atoms with Crippen molar-refractivity contribution in [2.24, 2.45) is 0 Å². The lowest BCUT2D eigenvalue weighted by molar-refractivity contribution is 0.262. The normalized spacial score (nSPS) is 20.6. The van der Waals surface area contributed by atoms with E-state index in [0.717, 1.165) is 25.4 Å². The zero-order chi connectivity index (χ0) is 15.3. The number of hydrogen-bond acceptors (Lipinski definition) is 5. The van der Waals surface area contributed by atoms with Crippen LogP contribution in [0.15, 0.2) is 24.3 Å². The van der Waals surface area contributed by atoms with E-state index in [1.165, 1.54) is 17.4 Å². The summed E-state index contributed by atoms with van der Waals surface area (Å²) >= 11 is 1.73. The van der Waals surface area contributed by atoms with Gasteiger partial charge in [-0.25, -0.2) is 8.42 Å². The fraction of sp³-hybridized carbons (Fsp3) is 0.600. The van der Waals surface area contributed by atoms with E-state index in [4.69, 9.17) is 0 Å². The Kier molecular flexibility index (Phi) is 6.10. The third-order valence-electron chi connectivity index (χ3n) is 3.67. The van der Waals surface area contributed by atoms with Gasteiger partial charge < -0.3 is 5.32 Å². The largest absolute Gasteiger partial charge is 0.313 e. The predicted molar refractivity (Wildman–Crippen MR) is 90.2 cm³/mol. The van der Waals surface area contributed by atoms with Crippen LogP contribution in [0.2, 0.25) is 0 Å². The van der Waals surface area contributed by atoms with E-state index in [1.54, 1.807) is 11.8 Å². The van der Waals surface area contributed by atoms with Crippen LogP contribution in [-0.4, -0.2) is 49.5 Å². The van der Waals surface area contributed by atoms with Crippen molar-refractivity contribution < 1.29 is 8.42 Å². The minimum absolute atomic E-state index is 0.349. The summed E-state index contributed by atoms with van der Waals surface area (Å²) in [5.74, 6) is 1.68. The quantitative estimate of drug-likeness (QED) is 0.862. The number of nitrogens with zero attached hydrogens (tertiary/aromatic N) is 1. The molecule has 1 aromatic rings. The lowest BCUT2D eigenvalue weighted by Crippen LogP contribution is -2.46. The van der Waals surface area contributed by atoms with Crippen LogP contribution in [0.25, 0.3) is 0 Å². The molecule has 21 heavy (non-hydrogen) atoms. The van der Waals surface area contributed by atoms with Gasteiger partial charge in [0.05, 0.1) is 0 Å². The Morgan fingerprint density at radius 1 is 1.29 bits per heavy atom. The lowest BCUT2D eigenvalue weighted by Gasteiger charge is -2.34. The van der Waals surface area contributed by atoms with Gasteiger partial charge in [-0.05, 0) is 17.7 Å². The van der Waals surface area contributed by atoms with Gasteiger partial charge in [0.25, 0.3) is 0 Å². The number of hydrogen-bond donors (Lipinski definition) is 1. The average Bonchev–Trinajstić information content (AvgIpc) is 2.46. The van der Waals surface area contributed by atoms with E-state index < -0.39 is 9.84 Å². The van der Waals surface area contributed by atoms with E-state index in [2.05, 4.69) is 41.4 Å². The fourth-order valence-electron chi connectivity index (χ4n) is 2.46. The van der Waals surface area contributed by atoms with Crippen LogP contribution in [0.4, 0.5) is 0 Å². The van der Waals surface area contributed by atoms with E-state index in [0.29, 0.717) is 12.3 Å². The zero-order valence-corrected chi connectivity index (χ0v) is 14.3. The van der Waals surface area contributed by atoms with Gasteiger partial charge in [-0.2, -0.15) is 11.8 Å². The number of nitrogens with one attached hydrogen (secondary N) is 1. The first kappa shape index (κ1) is 16.8. The van der Waals surface area contributed by atoms with E-state index >= 15 is 0 Å². The van der Waals surface area contributed by atoms with Gasteiger partial charge in [0.15, 0.2) is 9.84 Å². The molecule has 1 aromatic carbocycles. The summed E-state index contributed by atoms with van der Waals surface area (Å²) < 4.78 is 23.8. The molecule has 1 atom stereocenters. The Labute approximate surface area is 132 Å². The highest BCUT2D eigenvalue weighted by Gasteiger charge is 2.30. The van der Waals surface area contributed by atoms with Gasteiger partial charge >= 0.3 is 0 Å². The van der Waals surface area contributed by atoms with Crippen LogP contribution < -0.4 is 5.32 Å². The monoisotopic (exact) mass is 328 g/mol. The molecule has 0 radical (unpaired) electrons. The van der Waals surface area contributed by atoms with Crippen LogP contribution in [-0.2, 0) is 22.9 Å². The Bertz CT molecular complexity index is 543. The summed E-state index contributed by atoms with van der Waals surface area (Å²) in [5.41, 5.74) is 2.44. The van der Waals surface area contributed by atoms with E-state index in [1.807, 2.05) is 0 Å². The molecule has 4 nitrogen and oxygen atoms in total. The Balaban J connectivity index is 2.02. The van der Waals surface area contributed by atoms with Crippen molar-refractivity contribution in [2.75, 3.05) is 30.9 Å². The first-order chi connectivity index (χ1) is 10.0. The molecule has 0 saturated carbocycles. The predicted octanol–water partition coefficient (Wildman–Crippen LogP) is 1.72. The van der Waals surface area contributed by atoms with Gasteiger partial charge in [0, 0.05) is 37.4 Å². The second kappa shape index (κ2) is 7.63. The summed E-state index contributed by atoms with van der Waals surface area (Å²) in [5, 5.41) is 2.95. The molecule has 2 rings (SSSR count). The van der Waals surface area contributed by atoms with Crippen LogP contribution in [0.3, 0.4) is 0 Å². The molecule has 1 aliphatic heterocycles. The summed E-state index contributed by atoms with van der Waals surface area (Å²) in [6.45, 7) is 5.47. The van der Waals surface area contributed by atoms with Crippen LogP contribution in [0, 0.1) is 0 Å². The van der Waals surface area contributed by atoms with Crippen LogP contribution >= 0.6 is 11.8 Å². The summed E-state index contributed by atoms with van der Waals surface area (Å²) in [6.07, 6.45) is 1.34. The van der Waals surface area contributed by atoms with Crippen molar-refractivity contribution in [1.82, 2.24) is 10.2 Å². The smallest absolute Gasteiger partial charge is 0.164 e. The average molecular weight is 329 g/mol. The van der Waals surface area contributed by atoms with Gasteiger partial charge in [0.1, 0.15) is 5.37 Å². The molecule has 1 N–H and O–H groups in total. The maximum absolute atomic E-state index is 11.9. The van der Waals surface area contributed by atoms with Crippen molar-refractivity contribution in [3.8, 4) is 0 Å². The lowest BCUT2D eigenvalue weighted by atomic mass is 10.1. The molecule has 0 aromatic heterocycles. The van der Waals surface area contributed by atoms with Gasteiger partial charge in [-0.15, -0.1) is 0 Å². The van der Waals surface area contributed by atoms with Crippen molar-refractivity contribution in [3.63, 3.8) is 0 Å². The Morgan fingerprint density at radius 2 is 1.95 bits per heavy atom. The van der Waals surface area contributed by atoms with Crippen molar-refractivity contribution in [1.29, 1.82) is 0 Å². The van der Waals surface area contributed by atoms with E-state index in [9.17, 15) is 8.42 Å². The second-order valence-corrected chi connectivity index (χ2v) is 8.78. The van der Waals surface area contributed by atoms with Crippen LogP contribution in [0.5, 0.6) is 0 Å². The molecular weight excluding hydrogens is 304 g/mol. The van der Waals surface area contributed by atoms with Gasteiger partial charge in [-0.1, -0.05) is 31.2 Å². The highest BCUT2D eigenvalue weighted by Crippen LogP contribution is 2.22. The molecular formula is C15H24N2O2S2. The third-order valence-corrected chi connectivity index (χ3v) is 6.36. The first-order valence-corrected chi connectivity index (χ1v) is 10.4. The number of benzene rings is 1. The highest BCUT2D eigenvalue weighted by molar-refractivity contribution is 8.00. The standard InChI is InChI=1S/C15H24N2O2S2/c1-3-16-10-13-4-6-14(7-5-13)11-17-8-9-20-12-15(17)21(2,18)19/h4-7,15-16H,3,8-12H2,1-2H3. The maximum atomic E-state index is 11.9. The van der Waals surface area contributed by atoms with Crippen molar-refractivity contribution >= 4 is 21.6 Å². The minimum atomic E-state index is -3.02. The molecule has 118 valence electrons.